The Morgan fingerprint density at radius 1 is 1.03 bits per heavy atom. The van der Waals surface area contributed by atoms with Gasteiger partial charge >= 0.3 is 0 Å². The first kappa shape index (κ1) is 22.5. The molecule has 170 valence electrons. The van der Waals surface area contributed by atoms with Gasteiger partial charge in [0.05, 0.1) is 5.69 Å². The molecule has 0 bridgehead atoms. The summed E-state index contributed by atoms with van der Waals surface area (Å²) in [5, 5.41) is 4.66. The molecule has 0 saturated heterocycles. The number of nitrogens with zero attached hydrogens (tertiary/aromatic N) is 2. The quantitative estimate of drug-likeness (QED) is 0.571. The number of likely N-dealkylation sites (N-methyl/N-ethyl adjacent to an activating group) is 1. The number of rotatable bonds is 8. The van der Waals surface area contributed by atoms with Gasteiger partial charge in [-0.1, -0.05) is 54.1 Å². The van der Waals surface area contributed by atoms with E-state index in [2.05, 4.69) is 5.32 Å². The molecule has 3 aromatic carbocycles. The van der Waals surface area contributed by atoms with Gasteiger partial charge in [-0.25, -0.2) is 0 Å². The second-order valence-electron chi connectivity index (χ2n) is 8.54. The predicted molar refractivity (Wildman–Crippen MR) is 130 cm³/mol. The molecule has 0 aliphatic carbocycles. The third-order valence-electron chi connectivity index (χ3n) is 6.31. The van der Waals surface area contributed by atoms with Crippen LogP contribution in [0.2, 0.25) is 0 Å². The topological polar surface area (TPSA) is 69.7 Å². The Morgan fingerprint density at radius 3 is 2.42 bits per heavy atom. The van der Waals surface area contributed by atoms with E-state index in [1.54, 1.807) is 23.8 Å². The highest BCUT2D eigenvalue weighted by atomic mass is 16.2. The maximum absolute atomic E-state index is 13.2. The van der Waals surface area contributed by atoms with Crippen molar-refractivity contribution < 1.29 is 14.4 Å². The molecule has 0 saturated carbocycles. The molecule has 6 nitrogen and oxygen atoms in total. The Hall–Kier alpha value is -3.67. The van der Waals surface area contributed by atoms with Crippen molar-refractivity contribution in [3.8, 4) is 0 Å². The molecule has 0 radical (unpaired) electrons. The summed E-state index contributed by atoms with van der Waals surface area (Å²) in [7, 11) is 1.57. The minimum atomic E-state index is -0.588. The molecule has 0 spiro atoms. The third kappa shape index (κ3) is 4.46. The van der Waals surface area contributed by atoms with Gasteiger partial charge in [-0.05, 0) is 43.4 Å². The van der Waals surface area contributed by atoms with Crippen LogP contribution >= 0.6 is 0 Å². The van der Waals surface area contributed by atoms with Crippen molar-refractivity contribution in [2.45, 2.75) is 39.3 Å². The number of nitrogens with one attached hydrogen (secondary N) is 1. The lowest BCUT2D eigenvalue weighted by Gasteiger charge is -2.29. The first-order valence-electron chi connectivity index (χ1n) is 11.3. The van der Waals surface area contributed by atoms with E-state index in [-0.39, 0.29) is 24.1 Å². The fourth-order valence-corrected chi connectivity index (χ4v) is 4.41. The summed E-state index contributed by atoms with van der Waals surface area (Å²) in [6.07, 6.45) is 0.767. The molecular formula is C27H29N3O3. The Balaban J connectivity index is 1.45. The van der Waals surface area contributed by atoms with Crippen LogP contribution in [0.15, 0.2) is 60.7 Å². The van der Waals surface area contributed by atoms with Gasteiger partial charge in [0.1, 0.15) is 6.04 Å². The van der Waals surface area contributed by atoms with Crippen LogP contribution in [-0.2, 0) is 16.1 Å². The van der Waals surface area contributed by atoms with E-state index in [1.165, 1.54) is 0 Å². The van der Waals surface area contributed by atoms with Crippen LogP contribution in [0.3, 0.4) is 0 Å². The van der Waals surface area contributed by atoms with Crippen LogP contribution < -0.4 is 10.2 Å². The summed E-state index contributed by atoms with van der Waals surface area (Å²) in [4.78, 5) is 41.8. The zero-order chi connectivity index (χ0) is 23.5. The Bertz CT molecular complexity index is 1200. The second-order valence-corrected chi connectivity index (χ2v) is 8.54. The van der Waals surface area contributed by atoms with Gasteiger partial charge in [-0.3, -0.25) is 14.4 Å². The molecule has 3 amide bonds. The maximum atomic E-state index is 13.2. The zero-order valence-electron chi connectivity index (χ0n) is 19.3. The van der Waals surface area contributed by atoms with Crippen LogP contribution in [0, 0.1) is 6.92 Å². The summed E-state index contributed by atoms with van der Waals surface area (Å²) < 4.78 is 0. The summed E-state index contributed by atoms with van der Waals surface area (Å²) in [6, 6.07) is 19.0. The molecule has 33 heavy (non-hydrogen) atoms. The number of anilines is 1. The standard InChI is InChI=1S/C27H29N3O3/c1-18-12-14-20(15-13-18)17-30(19(2)26(32)28-3)24(31)11-6-16-29-23-10-5-8-21-7-4-9-22(25(21)23)27(29)33/h4-5,7-10,12-15,19H,6,11,16-17H2,1-3H3,(H,28,32)/t19-/m1/s1. The molecule has 1 atom stereocenters. The van der Waals surface area contributed by atoms with Gasteiger partial charge in [0.2, 0.25) is 11.8 Å². The zero-order valence-corrected chi connectivity index (χ0v) is 19.3. The van der Waals surface area contributed by atoms with Crippen molar-refractivity contribution in [3.05, 3.63) is 77.4 Å². The van der Waals surface area contributed by atoms with E-state index in [4.69, 9.17) is 0 Å². The lowest BCUT2D eigenvalue weighted by Crippen LogP contribution is -2.46. The Kier molecular flexibility index (Phi) is 6.45. The summed E-state index contributed by atoms with van der Waals surface area (Å²) >= 11 is 0. The highest BCUT2D eigenvalue weighted by molar-refractivity contribution is 6.25. The first-order chi connectivity index (χ1) is 15.9. The Labute approximate surface area is 194 Å². The van der Waals surface area contributed by atoms with Crippen molar-refractivity contribution >= 4 is 34.2 Å². The number of carbonyl (C=O) groups is 3. The van der Waals surface area contributed by atoms with Gasteiger partial charge in [0.25, 0.3) is 5.91 Å². The lowest BCUT2D eigenvalue weighted by molar-refractivity contribution is -0.140. The first-order valence-corrected chi connectivity index (χ1v) is 11.3. The minimum absolute atomic E-state index is 0.0236. The largest absolute Gasteiger partial charge is 0.357 e. The van der Waals surface area contributed by atoms with E-state index < -0.39 is 6.04 Å². The van der Waals surface area contributed by atoms with Crippen molar-refractivity contribution in [2.24, 2.45) is 0 Å². The van der Waals surface area contributed by atoms with Gasteiger partial charge in [-0.15, -0.1) is 0 Å². The molecule has 3 aromatic rings. The number of carbonyl (C=O) groups excluding carboxylic acids is 3. The van der Waals surface area contributed by atoms with Crippen molar-refractivity contribution in [1.29, 1.82) is 0 Å². The van der Waals surface area contributed by atoms with Gasteiger partial charge < -0.3 is 15.1 Å². The highest BCUT2D eigenvalue weighted by Gasteiger charge is 2.30. The van der Waals surface area contributed by atoms with E-state index in [0.717, 1.165) is 27.6 Å². The van der Waals surface area contributed by atoms with Gasteiger partial charge in [-0.2, -0.15) is 0 Å². The molecule has 6 heteroatoms. The molecular weight excluding hydrogens is 414 g/mol. The molecule has 1 N–H and O–H groups in total. The molecule has 4 rings (SSSR count). The van der Waals surface area contributed by atoms with E-state index in [9.17, 15) is 14.4 Å². The SMILES string of the molecule is CNC(=O)[C@@H](C)N(Cc1ccc(C)cc1)C(=O)CCCN1C(=O)c2cccc3cccc1c23. The highest BCUT2D eigenvalue weighted by Crippen LogP contribution is 2.37. The van der Waals surface area contributed by atoms with E-state index >= 15 is 0 Å². The summed E-state index contributed by atoms with van der Waals surface area (Å²) in [6.45, 7) is 4.57. The molecule has 0 unspecified atom stereocenters. The predicted octanol–water partition coefficient (Wildman–Crippen LogP) is 4.05. The minimum Gasteiger partial charge on any atom is -0.357 e. The van der Waals surface area contributed by atoms with Gasteiger partial charge in [0, 0.05) is 37.5 Å². The number of hydrogen-bond acceptors (Lipinski definition) is 3. The van der Waals surface area contributed by atoms with Gasteiger partial charge in [0.15, 0.2) is 0 Å². The fraction of sp³-hybridized carbons (Fsp3) is 0.296. The van der Waals surface area contributed by atoms with Crippen LogP contribution in [0.25, 0.3) is 10.8 Å². The third-order valence-corrected chi connectivity index (χ3v) is 6.31. The monoisotopic (exact) mass is 443 g/mol. The number of hydrogen-bond donors (Lipinski definition) is 1. The molecule has 0 fully saturated rings. The van der Waals surface area contributed by atoms with Crippen molar-refractivity contribution in [2.75, 3.05) is 18.5 Å². The normalized spacial score (nSPS) is 13.3. The Morgan fingerprint density at radius 2 is 1.73 bits per heavy atom. The van der Waals surface area contributed by atoms with Crippen LogP contribution in [0.1, 0.15) is 41.3 Å². The molecule has 1 heterocycles. The van der Waals surface area contributed by atoms with E-state index in [0.29, 0.717) is 25.1 Å². The van der Waals surface area contributed by atoms with Crippen molar-refractivity contribution in [1.82, 2.24) is 10.2 Å². The average Bonchev–Trinajstić information content (AvgIpc) is 3.10. The number of benzene rings is 3. The summed E-state index contributed by atoms with van der Waals surface area (Å²) in [5.41, 5.74) is 3.73. The van der Waals surface area contributed by atoms with Crippen LogP contribution in [-0.4, -0.2) is 42.3 Å². The van der Waals surface area contributed by atoms with E-state index in [1.807, 2.05) is 67.6 Å². The number of aryl methyl sites for hydroxylation is 1. The fourth-order valence-electron chi connectivity index (χ4n) is 4.41. The number of amides is 3. The average molecular weight is 444 g/mol. The molecule has 1 aliphatic heterocycles. The van der Waals surface area contributed by atoms with Crippen LogP contribution in [0.5, 0.6) is 0 Å². The summed E-state index contributed by atoms with van der Waals surface area (Å²) in [5.74, 6) is -0.328. The molecule has 0 aromatic heterocycles. The molecule has 1 aliphatic rings. The lowest BCUT2D eigenvalue weighted by atomic mass is 10.1. The van der Waals surface area contributed by atoms with Crippen molar-refractivity contribution in [3.63, 3.8) is 0 Å². The smallest absolute Gasteiger partial charge is 0.258 e. The maximum Gasteiger partial charge on any atom is 0.258 e. The van der Waals surface area contributed by atoms with Crippen LogP contribution in [0.4, 0.5) is 5.69 Å². The second kappa shape index (κ2) is 9.45.